The predicted octanol–water partition coefficient (Wildman–Crippen LogP) is 2.31. The first-order valence-electron chi connectivity index (χ1n) is 4.84. The van der Waals surface area contributed by atoms with Crippen LogP contribution < -0.4 is 4.72 Å². The van der Waals surface area contributed by atoms with Gasteiger partial charge in [-0.05, 0) is 12.1 Å². The maximum atomic E-state index is 11.7. The fraction of sp³-hybridized carbons (Fsp3) is 0.400. The molecule has 0 aliphatic heterocycles. The first-order valence-corrected chi connectivity index (χ1v) is 10.2. The van der Waals surface area contributed by atoms with Gasteiger partial charge < -0.3 is 0 Å². The van der Waals surface area contributed by atoms with Crippen molar-refractivity contribution < 1.29 is 8.42 Å². The van der Waals surface area contributed by atoms with Crippen molar-refractivity contribution in [2.75, 3.05) is 10.1 Å². The molecule has 0 bridgehead atoms. The van der Waals surface area contributed by atoms with Crippen LogP contribution in [0.1, 0.15) is 0 Å². The lowest BCUT2D eigenvalue weighted by Gasteiger charge is -2.16. The second kappa shape index (κ2) is 4.36. The van der Waals surface area contributed by atoms with Gasteiger partial charge in [0.25, 0.3) is 0 Å². The van der Waals surface area contributed by atoms with Crippen LogP contribution in [-0.2, 0) is 10.0 Å². The third kappa shape index (κ3) is 4.99. The zero-order valence-electron chi connectivity index (χ0n) is 9.32. The summed E-state index contributed by atoms with van der Waals surface area (Å²) in [7, 11) is -4.78. The Labute approximate surface area is 92.6 Å². The van der Waals surface area contributed by atoms with E-state index in [0.29, 0.717) is 5.69 Å². The summed E-state index contributed by atoms with van der Waals surface area (Å²) in [6.07, 6.45) is 0. The molecule has 5 heteroatoms. The van der Waals surface area contributed by atoms with E-state index in [4.69, 9.17) is 0 Å². The molecule has 1 rings (SSSR count). The average molecular weight is 243 g/mol. The van der Waals surface area contributed by atoms with Gasteiger partial charge >= 0.3 is 0 Å². The highest BCUT2D eigenvalue weighted by Crippen LogP contribution is 2.11. The highest BCUT2D eigenvalue weighted by Gasteiger charge is 2.23. The standard InChI is InChI=1S/C10H17NO2SSi/c1-15(2,3)9-14(12,13)11-10-7-5-4-6-8-10/h4-8,11H,9H2,1-3H3. The largest absolute Gasteiger partial charge is 0.284 e. The van der Waals surface area contributed by atoms with E-state index >= 15 is 0 Å². The van der Waals surface area contributed by atoms with Gasteiger partial charge in [0.05, 0.1) is 13.5 Å². The van der Waals surface area contributed by atoms with Crippen molar-refractivity contribution in [3.8, 4) is 0 Å². The summed E-state index contributed by atoms with van der Waals surface area (Å²) in [5.74, 6) is 0. The van der Waals surface area contributed by atoms with Gasteiger partial charge in [0.1, 0.15) is 0 Å². The highest BCUT2D eigenvalue weighted by atomic mass is 32.2. The molecule has 0 spiro atoms. The van der Waals surface area contributed by atoms with Gasteiger partial charge in [-0.3, -0.25) is 4.72 Å². The fourth-order valence-electron chi connectivity index (χ4n) is 1.29. The van der Waals surface area contributed by atoms with E-state index in [-0.39, 0.29) is 5.38 Å². The molecule has 0 heterocycles. The van der Waals surface area contributed by atoms with Crippen LogP contribution in [0, 0.1) is 0 Å². The molecule has 84 valence electrons. The molecule has 0 saturated carbocycles. The molecule has 0 amide bonds. The van der Waals surface area contributed by atoms with Gasteiger partial charge in [0.2, 0.25) is 10.0 Å². The maximum Gasteiger partial charge on any atom is 0.230 e. The van der Waals surface area contributed by atoms with Crippen LogP contribution in [0.2, 0.25) is 19.6 Å². The van der Waals surface area contributed by atoms with Crippen LogP contribution in [0.4, 0.5) is 5.69 Å². The molecule has 3 nitrogen and oxygen atoms in total. The third-order valence-corrected chi connectivity index (χ3v) is 7.20. The number of para-hydroxylation sites is 1. The van der Waals surface area contributed by atoms with Crippen LogP contribution in [0.15, 0.2) is 30.3 Å². The second-order valence-electron chi connectivity index (χ2n) is 4.79. The Bertz CT molecular complexity index is 409. The van der Waals surface area contributed by atoms with Crippen molar-refractivity contribution in [1.29, 1.82) is 0 Å². The van der Waals surface area contributed by atoms with E-state index in [0.717, 1.165) is 0 Å². The summed E-state index contributed by atoms with van der Waals surface area (Å²) in [5, 5.41) is 0.259. The Morgan fingerprint density at radius 1 is 1.13 bits per heavy atom. The molecule has 1 N–H and O–H groups in total. The Morgan fingerprint density at radius 2 is 1.67 bits per heavy atom. The topological polar surface area (TPSA) is 46.2 Å². The molecule has 1 aromatic rings. The molecular formula is C10H17NO2SSi. The Hall–Kier alpha value is -0.813. The molecule has 0 aliphatic rings. The van der Waals surface area contributed by atoms with Gasteiger partial charge in [-0.1, -0.05) is 37.8 Å². The fourth-order valence-corrected chi connectivity index (χ4v) is 6.64. The minimum Gasteiger partial charge on any atom is -0.284 e. The molecule has 0 fully saturated rings. The lowest BCUT2D eigenvalue weighted by Crippen LogP contribution is -2.35. The van der Waals surface area contributed by atoms with Crippen molar-refractivity contribution in [3.63, 3.8) is 0 Å². The first kappa shape index (κ1) is 12.3. The average Bonchev–Trinajstić information content (AvgIpc) is 1.99. The summed E-state index contributed by atoms with van der Waals surface area (Å²) in [6, 6.07) is 8.98. The van der Waals surface area contributed by atoms with Crippen LogP contribution in [-0.4, -0.2) is 21.9 Å². The number of nitrogens with one attached hydrogen (secondary N) is 1. The third-order valence-electron chi connectivity index (χ3n) is 1.67. The SMILES string of the molecule is C[Si](C)(C)CS(=O)(=O)Nc1ccccc1. The number of benzene rings is 1. The maximum absolute atomic E-state index is 11.7. The molecule has 0 aliphatic carbocycles. The number of hydrogen-bond donors (Lipinski definition) is 1. The van der Waals surface area contributed by atoms with Crippen molar-refractivity contribution in [2.24, 2.45) is 0 Å². The zero-order chi connectivity index (χ0) is 11.5. The summed E-state index contributed by atoms with van der Waals surface area (Å²) < 4.78 is 26.1. The van der Waals surface area contributed by atoms with Crippen molar-refractivity contribution in [1.82, 2.24) is 0 Å². The predicted molar refractivity (Wildman–Crippen MR) is 67.2 cm³/mol. The van der Waals surface area contributed by atoms with E-state index in [9.17, 15) is 8.42 Å². The monoisotopic (exact) mass is 243 g/mol. The van der Waals surface area contributed by atoms with E-state index in [1.54, 1.807) is 12.1 Å². The quantitative estimate of drug-likeness (QED) is 0.825. The summed E-state index contributed by atoms with van der Waals surface area (Å²) in [4.78, 5) is 0. The van der Waals surface area contributed by atoms with E-state index in [2.05, 4.69) is 4.72 Å². The van der Waals surface area contributed by atoms with Gasteiger partial charge in [0, 0.05) is 5.69 Å². The van der Waals surface area contributed by atoms with E-state index in [1.807, 2.05) is 37.8 Å². The van der Waals surface area contributed by atoms with Gasteiger partial charge in [-0.25, -0.2) is 8.42 Å². The van der Waals surface area contributed by atoms with E-state index in [1.165, 1.54) is 0 Å². The number of rotatable bonds is 4. The Kier molecular flexibility index (Phi) is 3.57. The summed E-state index contributed by atoms with van der Waals surface area (Å²) in [6.45, 7) is 6.12. The number of hydrogen-bond acceptors (Lipinski definition) is 2. The van der Waals surface area contributed by atoms with Crippen molar-refractivity contribution in [2.45, 2.75) is 19.6 Å². The van der Waals surface area contributed by atoms with Crippen LogP contribution in [0.25, 0.3) is 0 Å². The lowest BCUT2D eigenvalue weighted by molar-refractivity contribution is 0.605. The Balaban J connectivity index is 2.74. The molecule has 15 heavy (non-hydrogen) atoms. The minimum absolute atomic E-state index is 0.259. The molecule has 1 aromatic carbocycles. The first-order chi connectivity index (χ1) is 6.79. The molecule has 0 atom stereocenters. The summed E-state index contributed by atoms with van der Waals surface area (Å²) >= 11 is 0. The smallest absolute Gasteiger partial charge is 0.230 e. The molecule has 0 radical (unpaired) electrons. The highest BCUT2D eigenvalue weighted by molar-refractivity contribution is 7.94. The molecule has 0 saturated heterocycles. The zero-order valence-corrected chi connectivity index (χ0v) is 11.1. The molecule has 0 aromatic heterocycles. The minimum atomic E-state index is -3.18. The van der Waals surface area contributed by atoms with Gasteiger partial charge in [-0.2, -0.15) is 0 Å². The van der Waals surface area contributed by atoms with E-state index < -0.39 is 18.1 Å². The number of sulfonamides is 1. The lowest BCUT2D eigenvalue weighted by atomic mass is 10.3. The van der Waals surface area contributed by atoms with Crippen LogP contribution in [0.5, 0.6) is 0 Å². The molecule has 0 unspecified atom stereocenters. The van der Waals surface area contributed by atoms with Gasteiger partial charge in [-0.15, -0.1) is 0 Å². The van der Waals surface area contributed by atoms with Crippen LogP contribution >= 0.6 is 0 Å². The van der Waals surface area contributed by atoms with Crippen molar-refractivity contribution in [3.05, 3.63) is 30.3 Å². The number of anilines is 1. The summed E-state index contributed by atoms with van der Waals surface area (Å²) in [5.41, 5.74) is 0.635. The second-order valence-corrected chi connectivity index (χ2v) is 12.5. The Morgan fingerprint density at radius 3 is 2.13 bits per heavy atom. The van der Waals surface area contributed by atoms with Gasteiger partial charge in [0.15, 0.2) is 0 Å². The normalized spacial score (nSPS) is 12.5. The van der Waals surface area contributed by atoms with Crippen molar-refractivity contribution >= 4 is 23.8 Å². The molecular weight excluding hydrogens is 226 g/mol. The van der Waals surface area contributed by atoms with Crippen LogP contribution in [0.3, 0.4) is 0 Å².